The minimum absolute atomic E-state index is 0.0265. The molecule has 1 aromatic carbocycles. The Hall–Kier alpha value is -0.570. The first kappa shape index (κ1) is 12.9. The van der Waals surface area contributed by atoms with Crippen LogP contribution in [0.1, 0.15) is 36.0 Å². The number of carbonyl (C=O) groups excluding carboxylic acids is 1. The van der Waals surface area contributed by atoms with Crippen molar-refractivity contribution in [2.75, 3.05) is 6.54 Å². The van der Waals surface area contributed by atoms with Crippen LogP contribution in [0.25, 0.3) is 0 Å². The zero-order valence-electron chi connectivity index (χ0n) is 9.51. The maximum absolute atomic E-state index is 11.9. The SMILES string of the molecule is O=C(CNC1CCCC1)c1ccc(Cl)cc1Cl. The van der Waals surface area contributed by atoms with Crippen molar-refractivity contribution >= 4 is 29.0 Å². The lowest BCUT2D eigenvalue weighted by molar-refractivity contribution is 0.0987. The molecule has 0 amide bonds. The number of carbonyl (C=O) groups is 1. The lowest BCUT2D eigenvalue weighted by Gasteiger charge is -2.11. The summed E-state index contributed by atoms with van der Waals surface area (Å²) in [5.74, 6) is 0.0265. The van der Waals surface area contributed by atoms with E-state index in [2.05, 4.69) is 5.32 Å². The molecule has 2 nitrogen and oxygen atoms in total. The van der Waals surface area contributed by atoms with Crippen LogP contribution in [-0.4, -0.2) is 18.4 Å². The van der Waals surface area contributed by atoms with E-state index in [1.807, 2.05) is 0 Å². The molecule has 1 aliphatic carbocycles. The van der Waals surface area contributed by atoms with Crippen LogP contribution in [0.3, 0.4) is 0 Å². The molecular formula is C13H15Cl2NO. The third-order valence-corrected chi connectivity index (χ3v) is 3.69. The van der Waals surface area contributed by atoms with E-state index in [0.29, 0.717) is 28.2 Å². The number of nitrogens with one attached hydrogen (secondary N) is 1. The standard InChI is InChI=1S/C13H15Cl2NO/c14-9-5-6-11(12(15)7-9)13(17)8-16-10-3-1-2-4-10/h5-7,10,16H,1-4,8H2. The number of Topliss-reactive ketones (excluding diaryl/α,β-unsaturated/α-hetero) is 1. The topological polar surface area (TPSA) is 29.1 Å². The summed E-state index contributed by atoms with van der Waals surface area (Å²) < 4.78 is 0. The van der Waals surface area contributed by atoms with Gasteiger partial charge in [0.05, 0.1) is 11.6 Å². The van der Waals surface area contributed by atoms with Gasteiger partial charge >= 0.3 is 0 Å². The summed E-state index contributed by atoms with van der Waals surface area (Å²) in [6.45, 7) is 0.353. The van der Waals surface area contributed by atoms with Crippen molar-refractivity contribution in [2.24, 2.45) is 0 Å². The highest BCUT2D eigenvalue weighted by Crippen LogP contribution is 2.22. The largest absolute Gasteiger partial charge is 0.307 e. The molecule has 1 aromatic rings. The average molecular weight is 272 g/mol. The minimum atomic E-state index is 0.0265. The van der Waals surface area contributed by atoms with E-state index >= 15 is 0 Å². The van der Waals surface area contributed by atoms with E-state index in [1.165, 1.54) is 25.7 Å². The Labute approximate surface area is 111 Å². The Kier molecular flexibility index (Phi) is 4.43. The molecule has 2 rings (SSSR count). The molecule has 0 aromatic heterocycles. The highest BCUT2D eigenvalue weighted by Gasteiger charge is 2.17. The van der Waals surface area contributed by atoms with Crippen LogP contribution in [0.2, 0.25) is 10.0 Å². The number of hydrogen-bond donors (Lipinski definition) is 1. The molecule has 1 fully saturated rings. The van der Waals surface area contributed by atoms with Crippen molar-refractivity contribution < 1.29 is 4.79 Å². The molecule has 1 N–H and O–H groups in total. The van der Waals surface area contributed by atoms with E-state index < -0.39 is 0 Å². The highest BCUT2D eigenvalue weighted by molar-refractivity contribution is 6.36. The van der Waals surface area contributed by atoms with E-state index in [1.54, 1.807) is 18.2 Å². The zero-order valence-corrected chi connectivity index (χ0v) is 11.0. The fraction of sp³-hybridized carbons (Fsp3) is 0.462. The molecule has 0 radical (unpaired) electrons. The van der Waals surface area contributed by atoms with Crippen LogP contribution in [0.4, 0.5) is 0 Å². The van der Waals surface area contributed by atoms with Gasteiger partial charge in [0.25, 0.3) is 0 Å². The van der Waals surface area contributed by atoms with Gasteiger partial charge in [0.2, 0.25) is 0 Å². The number of hydrogen-bond acceptors (Lipinski definition) is 2. The molecule has 1 aliphatic rings. The second-order valence-electron chi connectivity index (χ2n) is 4.41. The third kappa shape index (κ3) is 3.44. The summed E-state index contributed by atoms with van der Waals surface area (Å²) in [5, 5.41) is 4.26. The molecule has 0 aliphatic heterocycles. The monoisotopic (exact) mass is 271 g/mol. The minimum Gasteiger partial charge on any atom is -0.307 e. The van der Waals surface area contributed by atoms with Gasteiger partial charge in [-0.05, 0) is 31.0 Å². The summed E-state index contributed by atoms with van der Waals surface area (Å²) >= 11 is 11.8. The predicted octanol–water partition coefficient (Wildman–Crippen LogP) is 3.71. The van der Waals surface area contributed by atoms with Gasteiger partial charge < -0.3 is 5.32 Å². The van der Waals surface area contributed by atoms with Crippen LogP contribution in [0, 0.1) is 0 Å². The lowest BCUT2D eigenvalue weighted by Crippen LogP contribution is -2.31. The van der Waals surface area contributed by atoms with E-state index in [0.717, 1.165) is 0 Å². The lowest BCUT2D eigenvalue weighted by atomic mass is 10.1. The van der Waals surface area contributed by atoms with Crippen molar-refractivity contribution in [1.82, 2.24) is 5.32 Å². The molecule has 0 saturated heterocycles. The van der Waals surface area contributed by atoms with Crippen LogP contribution in [0.15, 0.2) is 18.2 Å². The average Bonchev–Trinajstić information content (AvgIpc) is 2.78. The molecule has 0 unspecified atom stereocenters. The number of ketones is 1. The quantitative estimate of drug-likeness (QED) is 0.846. The summed E-state index contributed by atoms with van der Waals surface area (Å²) in [7, 11) is 0. The number of benzene rings is 1. The third-order valence-electron chi connectivity index (χ3n) is 3.14. The molecule has 1 saturated carbocycles. The van der Waals surface area contributed by atoms with Crippen LogP contribution < -0.4 is 5.32 Å². The Morgan fingerprint density at radius 3 is 2.65 bits per heavy atom. The summed E-state index contributed by atoms with van der Waals surface area (Å²) in [5.41, 5.74) is 0.543. The van der Waals surface area contributed by atoms with Crippen molar-refractivity contribution in [3.8, 4) is 0 Å². The molecular weight excluding hydrogens is 257 g/mol. The molecule has 92 valence electrons. The summed E-state index contributed by atoms with van der Waals surface area (Å²) in [6, 6.07) is 5.47. The second-order valence-corrected chi connectivity index (χ2v) is 5.25. The van der Waals surface area contributed by atoms with Crippen molar-refractivity contribution in [2.45, 2.75) is 31.7 Å². The van der Waals surface area contributed by atoms with Crippen LogP contribution in [0.5, 0.6) is 0 Å². The molecule has 0 spiro atoms. The van der Waals surface area contributed by atoms with Crippen molar-refractivity contribution in [3.05, 3.63) is 33.8 Å². The predicted molar refractivity (Wildman–Crippen MR) is 71.1 cm³/mol. The zero-order chi connectivity index (χ0) is 12.3. The molecule has 17 heavy (non-hydrogen) atoms. The van der Waals surface area contributed by atoms with Crippen molar-refractivity contribution in [1.29, 1.82) is 0 Å². The van der Waals surface area contributed by atoms with E-state index in [9.17, 15) is 4.79 Å². The highest BCUT2D eigenvalue weighted by atomic mass is 35.5. The number of halogens is 2. The first-order valence-corrected chi connectivity index (χ1v) is 6.64. The molecule has 0 atom stereocenters. The smallest absolute Gasteiger partial charge is 0.178 e. The normalized spacial score (nSPS) is 16.4. The van der Waals surface area contributed by atoms with Gasteiger partial charge in [0, 0.05) is 16.6 Å². The van der Waals surface area contributed by atoms with Gasteiger partial charge in [0.15, 0.2) is 5.78 Å². The maximum atomic E-state index is 11.9. The molecule has 0 heterocycles. The maximum Gasteiger partial charge on any atom is 0.178 e. The Morgan fingerprint density at radius 1 is 1.29 bits per heavy atom. The van der Waals surface area contributed by atoms with Crippen LogP contribution in [-0.2, 0) is 0 Å². The van der Waals surface area contributed by atoms with Gasteiger partial charge in [-0.2, -0.15) is 0 Å². The Morgan fingerprint density at radius 2 is 2.00 bits per heavy atom. The fourth-order valence-electron chi connectivity index (χ4n) is 2.18. The Bertz CT molecular complexity index is 414. The Balaban J connectivity index is 1.94. The van der Waals surface area contributed by atoms with Gasteiger partial charge in [-0.25, -0.2) is 0 Å². The first-order chi connectivity index (χ1) is 8.16. The second kappa shape index (κ2) is 5.85. The van der Waals surface area contributed by atoms with Crippen LogP contribution >= 0.6 is 23.2 Å². The first-order valence-electron chi connectivity index (χ1n) is 5.88. The van der Waals surface area contributed by atoms with E-state index in [4.69, 9.17) is 23.2 Å². The van der Waals surface area contributed by atoms with Gasteiger partial charge in [-0.1, -0.05) is 36.0 Å². The van der Waals surface area contributed by atoms with Gasteiger partial charge in [-0.15, -0.1) is 0 Å². The van der Waals surface area contributed by atoms with E-state index in [-0.39, 0.29) is 5.78 Å². The molecule has 0 bridgehead atoms. The number of rotatable bonds is 4. The van der Waals surface area contributed by atoms with Crippen molar-refractivity contribution in [3.63, 3.8) is 0 Å². The van der Waals surface area contributed by atoms with Gasteiger partial charge in [0.1, 0.15) is 0 Å². The fourth-order valence-corrected chi connectivity index (χ4v) is 2.69. The summed E-state index contributed by atoms with van der Waals surface area (Å²) in [6.07, 6.45) is 4.85. The van der Waals surface area contributed by atoms with Gasteiger partial charge in [-0.3, -0.25) is 4.79 Å². The summed E-state index contributed by atoms with van der Waals surface area (Å²) in [4.78, 5) is 11.9. The molecule has 4 heteroatoms.